The van der Waals surface area contributed by atoms with Gasteiger partial charge in [-0.25, -0.2) is 0 Å². The van der Waals surface area contributed by atoms with Crippen LogP contribution in [0, 0.1) is 5.92 Å². The number of nitrogens with zero attached hydrogens (tertiary/aromatic N) is 1. The normalized spacial score (nSPS) is 29.9. The summed E-state index contributed by atoms with van der Waals surface area (Å²) >= 11 is 0. The van der Waals surface area contributed by atoms with E-state index in [9.17, 15) is 9.90 Å². The quantitative estimate of drug-likeness (QED) is 0.702. The van der Waals surface area contributed by atoms with Crippen molar-refractivity contribution >= 4 is 5.78 Å². The Morgan fingerprint density at radius 3 is 2.62 bits per heavy atom. The van der Waals surface area contributed by atoms with E-state index in [-0.39, 0.29) is 11.7 Å². The summed E-state index contributed by atoms with van der Waals surface area (Å²) in [6.45, 7) is 7.62. The summed E-state index contributed by atoms with van der Waals surface area (Å²) in [7, 11) is 0. The summed E-state index contributed by atoms with van der Waals surface area (Å²) in [5.41, 5.74) is -0.586. The zero-order valence-corrected chi connectivity index (χ0v) is 8.71. The molecule has 0 aromatic carbocycles. The molecule has 0 spiro atoms. The van der Waals surface area contributed by atoms with Crippen molar-refractivity contribution in [1.82, 2.24) is 4.90 Å². The fourth-order valence-corrected chi connectivity index (χ4v) is 1.58. The maximum atomic E-state index is 11.4. The van der Waals surface area contributed by atoms with Gasteiger partial charge in [0.2, 0.25) is 0 Å². The SMILES string of the molecule is CC(C)C(=O)CN1CCC(C)(O)C1. The first-order valence-corrected chi connectivity index (χ1v) is 4.88. The van der Waals surface area contributed by atoms with E-state index in [1.165, 1.54) is 0 Å². The summed E-state index contributed by atoms with van der Waals surface area (Å²) in [5, 5.41) is 9.66. The van der Waals surface area contributed by atoms with Gasteiger partial charge in [-0.1, -0.05) is 13.8 Å². The third kappa shape index (κ3) is 3.08. The number of carbonyl (C=O) groups is 1. The summed E-state index contributed by atoms with van der Waals surface area (Å²) in [6, 6.07) is 0. The molecule has 0 aliphatic carbocycles. The number of hydrogen-bond donors (Lipinski definition) is 1. The van der Waals surface area contributed by atoms with Crippen molar-refractivity contribution in [1.29, 1.82) is 0 Å². The fourth-order valence-electron chi connectivity index (χ4n) is 1.58. The maximum Gasteiger partial charge on any atom is 0.149 e. The highest BCUT2D eigenvalue weighted by molar-refractivity contribution is 5.82. The minimum Gasteiger partial charge on any atom is -0.389 e. The molecule has 0 amide bonds. The molecule has 1 unspecified atom stereocenters. The van der Waals surface area contributed by atoms with Crippen molar-refractivity contribution in [3.8, 4) is 0 Å². The van der Waals surface area contributed by atoms with Gasteiger partial charge >= 0.3 is 0 Å². The third-order valence-corrected chi connectivity index (χ3v) is 2.55. The lowest BCUT2D eigenvalue weighted by atomic mass is 10.1. The van der Waals surface area contributed by atoms with Crippen LogP contribution in [0.2, 0.25) is 0 Å². The van der Waals surface area contributed by atoms with Gasteiger partial charge in [-0.05, 0) is 13.3 Å². The first-order chi connectivity index (χ1) is 5.91. The molecule has 1 atom stereocenters. The van der Waals surface area contributed by atoms with Crippen LogP contribution in [0.4, 0.5) is 0 Å². The molecule has 13 heavy (non-hydrogen) atoms. The molecule has 76 valence electrons. The van der Waals surface area contributed by atoms with E-state index in [0.717, 1.165) is 13.0 Å². The number of β-amino-alcohol motifs (C(OH)–C–C–N with tert-alkyl or cyclic N) is 1. The molecule has 1 heterocycles. The Morgan fingerprint density at radius 1 is 1.62 bits per heavy atom. The van der Waals surface area contributed by atoms with Crippen LogP contribution in [0.25, 0.3) is 0 Å². The summed E-state index contributed by atoms with van der Waals surface area (Å²) < 4.78 is 0. The standard InChI is InChI=1S/C10H19NO2/c1-8(2)9(12)6-11-5-4-10(3,13)7-11/h8,13H,4-7H2,1-3H3. The van der Waals surface area contributed by atoms with Gasteiger partial charge in [0.05, 0.1) is 12.1 Å². The van der Waals surface area contributed by atoms with Gasteiger partial charge in [0.1, 0.15) is 5.78 Å². The largest absolute Gasteiger partial charge is 0.389 e. The minimum absolute atomic E-state index is 0.102. The monoisotopic (exact) mass is 185 g/mol. The second-order valence-electron chi connectivity index (χ2n) is 4.58. The molecule has 1 aliphatic heterocycles. The van der Waals surface area contributed by atoms with E-state index >= 15 is 0 Å². The average Bonchev–Trinajstić information content (AvgIpc) is 2.30. The second kappa shape index (κ2) is 3.76. The molecular formula is C10H19NO2. The molecule has 0 saturated carbocycles. The van der Waals surface area contributed by atoms with Crippen molar-refractivity contribution in [2.75, 3.05) is 19.6 Å². The van der Waals surface area contributed by atoms with Crippen LogP contribution in [-0.4, -0.2) is 41.0 Å². The molecule has 0 radical (unpaired) electrons. The molecule has 0 aromatic rings. The van der Waals surface area contributed by atoms with E-state index in [1.807, 2.05) is 25.7 Å². The van der Waals surface area contributed by atoms with Crippen LogP contribution >= 0.6 is 0 Å². The lowest BCUT2D eigenvalue weighted by molar-refractivity contribution is -0.122. The van der Waals surface area contributed by atoms with Crippen LogP contribution in [0.15, 0.2) is 0 Å². The Bertz CT molecular complexity index is 199. The zero-order chi connectivity index (χ0) is 10.1. The number of Topliss-reactive ketones (excluding diaryl/α,β-unsaturated/α-hetero) is 1. The number of ketones is 1. The Labute approximate surface area is 79.7 Å². The number of hydrogen-bond acceptors (Lipinski definition) is 3. The summed E-state index contributed by atoms with van der Waals surface area (Å²) in [4.78, 5) is 13.4. The Balaban J connectivity index is 2.37. The molecule has 3 nitrogen and oxygen atoms in total. The maximum absolute atomic E-state index is 11.4. The number of rotatable bonds is 3. The minimum atomic E-state index is -0.586. The first-order valence-electron chi connectivity index (χ1n) is 4.88. The molecule has 0 bridgehead atoms. The molecule has 1 fully saturated rings. The number of carbonyl (C=O) groups excluding carboxylic acids is 1. The van der Waals surface area contributed by atoms with Gasteiger partial charge in [0.15, 0.2) is 0 Å². The lowest BCUT2D eigenvalue weighted by Crippen LogP contribution is -2.34. The predicted octanol–water partition coefficient (Wildman–Crippen LogP) is 0.668. The molecule has 1 aliphatic rings. The molecule has 1 saturated heterocycles. The van der Waals surface area contributed by atoms with Gasteiger partial charge in [-0.15, -0.1) is 0 Å². The fraction of sp³-hybridized carbons (Fsp3) is 0.900. The van der Waals surface area contributed by atoms with Crippen molar-refractivity contribution in [3.05, 3.63) is 0 Å². The highest BCUT2D eigenvalue weighted by atomic mass is 16.3. The van der Waals surface area contributed by atoms with E-state index in [4.69, 9.17) is 0 Å². The third-order valence-electron chi connectivity index (χ3n) is 2.55. The van der Waals surface area contributed by atoms with Crippen molar-refractivity contribution in [2.24, 2.45) is 5.92 Å². The van der Waals surface area contributed by atoms with Crippen LogP contribution in [0.1, 0.15) is 27.2 Å². The smallest absolute Gasteiger partial charge is 0.149 e. The van der Waals surface area contributed by atoms with E-state index < -0.39 is 5.60 Å². The van der Waals surface area contributed by atoms with E-state index in [1.54, 1.807) is 0 Å². The Morgan fingerprint density at radius 2 is 2.23 bits per heavy atom. The van der Waals surface area contributed by atoms with Crippen LogP contribution < -0.4 is 0 Å². The number of aliphatic hydroxyl groups is 1. The summed E-state index contributed by atoms with van der Waals surface area (Å²) in [5.74, 6) is 0.364. The topological polar surface area (TPSA) is 40.5 Å². The second-order valence-corrected chi connectivity index (χ2v) is 4.58. The van der Waals surface area contributed by atoms with Gasteiger partial charge in [-0.3, -0.25) is 9.69 Å². The molecule has 1 rings (SSSR count). The average molecular weight is 185 g/mol. The Kier molecular flexibility index (Phi) is 3.09. The molecule has 0 aromatic heterocycles. The zero-order valence-electron chi connectivity index (χ0n) is 8.71. The summed E-state index contributed by atoms with van der Waals surface area (Å²) in [6.07, 6.45) is 0.776. The van der Waals surface area contributed by atoms with Crippen molar-refractivity contribution in [3.63, 3.8) is 0 Å². The molecule has 1 N–H and O–H groups in total. The predicted molar refractivity (Wildman–Crippen MR) is 51.5 cm³/mol. The molecule has 3 heteroatoms. The Hall–Kier alpha value is -0.410. The highest BCUT2D eigenvalue weighted by Crippen LogP contribution is 2.19. The van der Waals surface area contributed by atoms with Crippen LogP contribution in [0.5, 0.6) is 0 Å². The first kappa shape index (κ1) is 10.7. The lowest BCUT2D eigenvalue weighted by Gasteiger charge is -2.18. The van der Waals surface area contributed by atoms with Gasteiger partial charge in [0, 0.05) is 19.0 Å². The van der Waals surface area contributed by atoms with Gasteiger partial charge < -0.3 is 5.11 Å². The van der Waals surface area contributed by atoms with Crippen molar-refractivity contribution in [2.45, 2.75) is 32.8 Å². The van der Waals surface area contributed by atoms with Crippen LogP contribution in [0.3, 0.4) is 0 Å². The van der Waals surface area contributed by atoms with Crippen molar-refractivity contribution < 1.29 is 9.90 Å². The highest BCUT2D eigenvalue weighted by Gasteiger charge is 2.32. The number of likely N-dealkylation sites (tertiary alicyclic amines) is 1. The van der Waals surface area contributed by atoms with E-state index in [2.05, 4.69) is 0 Å². The van der Waals surface area contributed by atoms with Crippen LogP contribution in [-0.2, 0) is 4.79 Å². The van der Waals surface area contributed by atoms with Gasteiger partial charge in [0.25, 0.3) is 0 Å². The van der Waals surface area contributed by atoms with Gasteiger partial charge in [-0.2, -0.15) is 0 Å². The molecular weight excluding hydrogens is 166 g/mol. The van der Waals surface area contributed by atoms with E-state index in [0.29, 0.717) is 13.1 Å².